The Labute approximate surface area is 348 Å². The number of esters is 3. The number of carbonyl (C=O) groups excluding carboxylic acids is 3. The Morgan fingerprint density at radius 1 is 0.304 bits per heavy atom. The lowest BCUT2D eigenvalue weighted by molar-refractivity contribution is -0.167. The standard InChI is InChI=1S/C50H96O6/c1-44(2)36-30-24-18-14-10-8-7-9-11-17-21-29-35-41-50(53)56-47(43-55-49(52)40-34-28-23-22-26-32-38-46(5)6)42-54-48(51)39-33-27-20-16-13-12-15-19-25-31-37-45(3)4/h44-47H,7-43H2,1-6H3/t47-/m0/s1. The molecule has 0 aliphatic heterocycles. The largest absolute Gasteiger partial charge is 0.462 e. The topological polar surface area (TPSA) is 78.9 Å². The summed E-state index contributed by atoms with van der Waals surface area (Å²) in [5.74, 6) is 1.56. The van der Waals surface area contributed by atoms with Crippen LogP contribution in [0.25, 0.3) is 0 Å². The smallest absolute Gasteiger partial charge is 0.306 e. The van der Waals surface area contributed by atoms with Gasteiger partial charge in [0.25, 0.3) is 0 Å². The van der Waals surface area contributed by atoms with Crippen LogP contribution in [0.2, 0.25) is 0 Å². The Hall–Kier alpha value is -1.59. The molecule has 0 saturated heterocycles. The van der Waals surface area contributed by atoms with Crippen molar-refractivity contribution in [2.75, 3.05) is 13.2 Å². The molecule has 0 unspecified atom stereocenters. The Kier molecular flexibility index (Phi) is 40.4. The van der Waals surface area contributed by atoms with E-state index in [1.165, 1.54) is 148 Å². The minimum absolute atomic E-state index is 0.0659. The van der Waals surface area contributed by atoms with Crippen LogP contribution in [-0.4, -0.2) is 37.2 Å². The molecule has 6 heteroatoms. The molecule has 0 aliphatic carbocycles. The van der Waals surface area contributed by atoms with Gasteiger partial charge >= 0.3 is 17.9 Å². The third-order valence-corrected chi connectivity index (χ3v) is 11.1. The highest BCUT2D eigenvalue weighted by atomic mass is 16.6. The molecule has 0 radical (unpaired) electrons. The Morgan fingerprint density at radius 3 is 0.768 bits per heavy atom. The van der Waals surface area contributed by atoms with Crippen molar-refractivity contribution in [3.8, 4) is 0 Å². The van der Waals surface area contributed by atoms with Crippen molar-refractivity contribution in [2.45, 2.75) is 272 Å². The van der Waals surface area contributed by atoms with Crippen molar-refractivity contribution in [3.05, 3.63) is 0 Å². The highest BCUT2D eigenvalue weighted by molar-refractivity contribution is 5.71. The molecule has 0 bridgehead atoms. The van der Waals surface area contributed by atoms with E-state index in [9.17, 15) is 14.4 Å². The number of rotatable bonds is 43. The fourth-order valence-corrected chi connectivity index (χ4v) is 7.41. The maximum Gasteiger partial charge on any atom is 0.306 e. The Balaban J connectivity index is 4.29. The van der Waals surface area contributed by atoms with Crippen LogP contribution in [0.4, 0.5) is 0 Å². The zero-order valence-electron chi connectivity index (χ0n) is 38.4. The van der Waals surface area contributed by atoms with Gasteiger partial charge in [0, 0.05) is 19.3 Å². The number of hydrogen-bond acceptors (Lipinski definition) is 6. The highest BCUT2D eigenvalue weighted by Gasteiger charge is 2.19. The molecule has 0 aromatic carbocycles. The summed E-state index contributed by atoms with van der Waals surface area (Å²) in [6.45, 7) is 13.6. The number of carbonyl (C=O) groups is 3. The molecule has 0 spiro atoms. The molecule has 0 amide bonds. The summed E-state index contributed by atoms with van der Waals surface area (Å²) < 4.78 is 16.7. The Morgan fingerprint density at radius 2 is 0.518 bits per heavy atom. The average Bonchev–Trinajstić information content (AvgIpc) is 3.15. The van der Waals surface area contributed by atoms with Gasteiger partial charge in [-0.1, -0.05) is 228 Å². The summed E-state index contributed by atoms with van der Waals surface area (Å²) in [6, 6.07) is 0. The predicted octanol–water partition coefficient (Wildman–Crippen LogP) is 15.6. The van der Waals surface area contributed by atoms with Crippen molar-refractivity contribution >= 4 is 17.9 Å². The minimum atomic E-state index is -0.762. The van der Waals surface area contributed by atoms with Crippen LogP contribution in [0.1, 0.15) is 266 Å². The molecule has 0 saturated carbocycles. The molecule has 0 aromatic heterocycles. The SMILES string of the molecule is CC(C)CCCCCCCCCCCCCCCC(=O)O[C@@H](COC(=O)CCCCCCCCCCCCC(C)C)COC(=O)CCCCCCCCC(C)C. The molecular weight excluding hydrogens is 697 g/mol. The summed E-state index contributed by atoms with van der Waals surface area (Å²) in [5.41, 5.74) is 0. The minimum Gasteiger partial charge on any atom is -0.462 e. The van der Waals surface area contributed by atoms with Crippen LogP contribution in [0, 0.1) is 17.8 Å². The zero-order valence-corrected chi connectivity index (χ0v) is 38.4. The summed E-state index contributed by atoms with van der Waals surface area (Å²) in [7, 11) is 0. The van der Waals surface area contributed by atoms with Gasteiger partial charge in [-0.25, -0.2) is 0 Å². The molecule has 0 rings (SSSR count). The summed E-state index contributed by atoms with van der Waals surface area (Å²) in [4.78, 5) is 37.8. The molecule has 0 aliphatic rings. The van der Waals surface area contributed by atoms with Gasteiger partial charge < -0.3 is 14.2 Å². The van der Waals surface area contributed by atoms with E-state index in [2.05, 4.69) is 41.5 Å². The quantitative estimate of drug-likeness (QED) is 0.0348. The van der Waals surface area contributed by atoms with E-state index in [4.69, 9.17) is 14.2 Å². The second-order valence-electron chi connectivity index (χ2n) is 18.5. The van der Waals surface area contributed by atoms with E-state index in [1.54, 1.807) is 0 Å². The van der Waals surface area contributed by atoms with Crippen LogP contribution < -0.4 is 0 Å². The first kappa shape index (κ1) is 54.4. The lowest BCUT2D eigenvalue weighted by atomic mass is 10.0. The van der Waals surface area contributed by atoms with Crippen LogP contribution >= 0.6 is 0 Å². The van der Waals surface area contributed by atoms with Gasteiger partial charge in [-0.3, -0.25) is 14.4 Å². The van der Waals surface area contributed by atoms with Gasteiger partial charge in [-0.05, 0) is 37.0 Å². The average molecular weight is 793 g/mol. The van der Waals surface area contributed by atoms with E-state index in [0.717, 1.165) is 75.5 Å². The van der Waals surface area contributed by atoms with Crippen LogP contribution in [0.15, 0.2) is 0 Å². The lowest BCUT2D eigenvalue weighted by Gasteiger charge is -2.18. The summed E-state index contributed by atoms with van der Waals surface area (Å²) in [6.07, 6.45) is 39.6. The molecular formula is C50H96O6. The van der Waals surface area contributed by atoms with Gasteiger partial charge in [0.15, 0.2) is 6.10 Å². The first-order valence-corrected chi connectivity index (χ1v) is 24.6. The molecule has 332 valence electrons. The lowest BCUT2D eigenvalue weighted by Crippen LogP contribution is -2.30. The number of hydrogen-bond donors (Lipinski definition) is 0. The van der Waals surface area contributed by atoms with E-state index in [-0.39, 0.29) is 31.1 Å². The monoisotopic (exact) mass is 793 g/mol. The van der Waals surface area contributed by atoms with Gasteiger partial charge in [0.05, 0.1) is 0 Å². The molecule has 0 fully saturated rings. The van der Waals surface area contributed by atoms with Crippen LogP contribution in [0.3, 0.4) is 0 Å². The van der Waals surface area contributed by atoms with E-state index in [0.29, 0.717) is 19.3 Å². The van der Waals surface area contributed by atoms with Crippen molar-refractivity contribution in [1.29, 1.82) is 0 Å². The normalized spacial score (nSPS) is 12.2. The number of unbranched alkanes of at least 4 members (excludes halogenated alkanes) is 26. The van der Waals surface area contributed by atoms with E-state index in [1.807, 2.05) is 0 Å². The van der Waals surface area contributed by atoms with Crippen molar-refractivity contribution in [2.24, 2.45) is 17.8 Å². The molecule has 1 atom stereocenters. The molecule has 0 aromatic rings. The fourth-order valence-electron chi connectivity index (χ4n) is 7.41. The van der Waals surface area contributed by atoms with Crippen molar-refractivity contribution in [3.63, 3.8) is 0 Å². The van der Waals surface area contributed by atoms with Gasteiger partial charge in [-0.15, -0.1) is 0 Å². The van der Waals surface area contributed by atoms with Gasteiger partial charge in [-0.2, -0.15) is 0 Å². The summed E-state index contributed by atoms with van der Waals surface area (Å²) in [5, 5.41) is 0. The third kappa shape index (κ3) is 43.5. The predicted molar refractivity (Wildman–Crippen MR) is 238 cm³/mol. The fraction of sp³-hybridized carbons (Fsp3) is 0.940. The van der Waals surface area contributed by atoms with Crippen LogP contribution in [0.5, 0.6) is 0 Å². The first-order chi connectivity index (χ1) is 27.1. The second-order valence-corrected chi connectivity index (χ2v) is 18.5. The summed E-state index contributed by atoms with van der Waals surface area (Å²) >= 11 is 0. The molecule has 6 nitrogen and oxygen atoms in total. The maximum atomic E-state index is 12.8. The maximum absolute atomic E-state index is 12.8. The van der Waals surface area contributed by atoms with Gasteiger partial charge in [0.1, 0.15) is 13.2 Å². The molecule has 56 heavy (non-hydrogen) atoms. The molecule has 0 heterocycles. The first-order valence-electron chi connectivity index (χ1n) is 24.6. The molecule has 0 N–H and O–H groups in total. The highest BCUT2D eigenvalue weighted by Crippen LogP contribution is 2.17. The zero-order chi connectivity index (χ0) is 41.3. The second kappa shape index (κ2) is 41.6. The van der Waals surface area contributed by atoms with Crippen molar-refractivity contribution < 1.29 is 28.6 Å². The van der Waals surface area contributed by atoms with E-state index >= 15 is 0 Å². The Bertz CT molecular complexity index is 868. The van der Waals surface area contributed by atoms with Gasteiger partial charge in [0.2, 0.25) is 0 Å². The van der Waals surface area contributed by atoms with E-state index < -0.39 is 6.10 Å². The number of ether oxygens (including phenoxy) is 3. The van der Waals surface area contributed by atoms with Crippen molar-refractivity contribution in [1.82, 2.24) is 0 Å². The van der Waals surface area contributed by atoms with Crippen LogP contribution in [-0.2, 0) is 28.6 Å². The third-order valence-electron chi connectivity index (χ3n) is 11.1.